The van der Waals surface area contributed by atoms with Crippen molar-refractivity contribution in [2.75, 3.05) is 0 Å². The maximum atomic E-state index is 11.7. The minimum absolute atomic E-state index is 0.164. The molecule has 1 aromatic rings. The molecule has 1 unspecified atom stereocenters. The van der Waals surface area contributed by atoms with Gasteiger partial charge in [-0.1, -0.05) is 11.6 Å². The first-order chi connectivity index (χ1) is 8.65. The summed E-state index contributed by atoms with van der Waals surface area (Å²) in [6.07, 6.45) is 2.74. The number of amides is 1. The van der Waals surface area contributed by atoms with Gasteiger partial charge in [0.15, 0.2) is 6.10 Å². The zero-order valence-electron chi connectivity index (χ0n) is 10.2. The van der Waals surface area contributed by atoms with Crippen molar-refractivity contribution in [3.8, 4) is 5.75 Å². The summed E-state index contributed by atoms with van der Waals surface area (Å²) in [7, 11) is 0. The molecule has 1 aliphatic carbocycles. The number of hydroxylamine groups is 1. The van der Waals surface area contributed by atoms with Gasteiger partial charge in [0.25, 0.3) is 5.91 Å². The van der Waals surface area contributed by atoms with E-state index in [1.807, 2.05) is 0 Å². The van der Waals surface area contributed by atoms with Gasteiger partial charge in [-0.15, -0.1) is 0 Å². The Balaban J connectivity index is 1.77. The Morgan fingerprint density at radius 3 is 2.61 bits per heavy atom. The first kappa shape index (κ1) is 13.2. The lowest BCUT2D eigenvalue weighted by molar-refractivity contribution is -0.149. The topological polar surface area (TPSA) is 47.6 Å². The Bertz CT molecular complexity index is 403. The van der Waals surface area contributed by atoms with Gasteiger partial charge in [0, 0.05) is 5.02 Å². The molecule has 0 aromatic heterocycles. The van der Waals surface area contributed by atoms with Crippen LogP contribution in [0.15, 0.2) is 24.3 Å². The fourth-order valence-corrected chi connectivity index (χ4v) is 1.61. The van der Waals surface area contributed by atoms with E-state index in [1.165, 1.54) is 0 Å². The predicted molar refractivity (Wildman–Crippen MR) is 68.4 cm³/mol. The summed E-state index contributed by atoms with van der Waals surface area (Å²) in [6.45, 7) is 1.67. The SMILES string of the molecule is CC(Oc1ccc(Cl)cc1)C(=O)NOC1CCC1. The van der Waals surface area contributed by atoms with Gasteiger partial charge in [0.2, 0.25) is 0 Å². The molecule has 98 valence electrons. The minimum atomic E-state index is -0.605. The standard InChI is InChI=1S/C13H16ClNO3/c1-9(13(16)15-18-12-3-2-4-12)17-11-7-5-10(14)6-8-11/h5-9,12H,2-4H2,1H3,(H,15,16). The average Bonchev–Trinajstić information content (AvgIpc) is 2.30. The van der Waals surface area contributed by atoms with Crippen molar-refractivity contribution in [3.63, 3.8) is 0 Å². The van der Waals surface area contributed by atoms with Gasteiger partial charge < -0.3 is 4.74 Å². The average molecular weight is 270 g/mol. The summed E-state index contributed by atoms with van der Waals surface area (Å²) in [4.78, 5) is 16.9. The van der Waals surface area contributed by atoms with Gasteiger partial charge in [0.05, 0.1) is 6.10 Å². The van der Waals surface area contributed by atoms with Crippen molar-refractivity contribution in [2.24, 2.45) is 0 Å². The van der Waals surface area contributed by atoms with Crippen molar-refractivity contribution < 1.29 is 14.4 Å². The van der Waals surface area contributed by atoms with Crippen LogP contribution >= 0.6 is 11.6 Å². The highest BCUT2D eigenvalue weighted by atomic mass is 35.5. The molecule has 5 heteroatoms. The third kappa shape index (κ3) is 3.62. The Morgan fingerprint density at radius 1 is 1.39 bits per heavy atom. The molecule has 0 radical (unpaired) electrons. The first-order valence-electron chi connectivity index (χ1n) is 6.03. The van der Waals surface area contributed by atoms with Gasteiger partial charge in [0.1, 0.15) is 5.75 Å². The second kappa shape index (κ2) is 6.07. The van der Waals surface area contributed by atoms with E-state index in [2.05, 4.69) is 5.48 Å². The zero-order chi connectivity index (χ0) is 13.0. The summed E-state index contributed by atoms with van der Waals surface area (Å²) in [5.41, 5.74) is 2.43. The molecule has 0 saturated heterocycles. The van der Waals surface area contributed by atoms with Crippen molar-refractivity contribution in [1.82, 2.24) is 5.48 Å². The van der Waals surface area contributed by atoms with Crippen molar-refractivity contribution in [2.45, 2.75) is 38.4 Å². The van der Waals surface area contributed by atoms with Crippen LogP contribution in [0.25, 0.3) is 0 Å². The first-order valence-corrected chi connectivity index (χ1v) is 6.40. The molecule has 1 atom stereocenters. The van der Waals surface area contributed by atoms with Gasteiger partial charge in [-0.3, -0.25) is 9.63 Å². The minimum Gasteiger partial charge on any atom is -0.481 e. The van der Waals surface area contributed by atoms with E-state index >= 15 is 0 Å². The third-order valence-corrected chi connectivity index (χ3v) is 3.13. The summed E-state index contributed by atoms with van der Waals surface area (Å²) >= 11 is 5.76. The van der Waals surface area contributed by atoms with E-state index in [4.69, 9.17) is 21.2 Å². The highest BCUT2D eigenvalue weighted by Crippen LogP contribution is 2.21. The number of carbonyl (C=O) groups excluding carboxylic acids is 1. The van der Waals surface area contributed by atoms with E-state index in [0.29, 0.717) is 10.8 Å². The Morgan fingerprint density at radius 2 is 2.06 bits per heavy atom. The molecule has 1 aliphatic rings. The summed E-state index contributed by atoms with van der Waals surface area (Å²) in [5, 5.41) is 0.632. The zero-order valence-corrected chi connectivity index (χ0v) is 10.9. The third-order valence-electron chi connectivity index (χ3n) is 2.87. The Kier molecular flexibility index (Phi) is 4.44. The largest absolute Gasteiger partial charge is 0.481 e. The number of ether oxygens (including phenoxy) is 1. The highest BCUT2D eigenvalue weighted by Gasteiger charge is 2.21. The quantitative estimate of drug-likeness (QED) is 0.836. The molecular formula is C13H16ClNO3. The second-order valence-electron chi connectivity index (χ2n) is 4.35. The Labute approximate surface area is 111 Å². The Hall–Kier alpha value is -1.26. The van der Waals surface area contributed by atoms with Gasteiger partial charge in [-0.05, 0) is 50.5 Å². The molecular weight excluding hydrogens is 254 g/mol. The van der Waals surface area contributed by atoms with Crippen LogP contribution in [0.1, 0.15) is 26.2 Å². The molecule has 0 heterocycles. The van der Waals surface area contributed by atoms with E-state index in [0.717, 1.165) is 19.3 Å². The molecule has 1 amide bonds. The molecule has 1 N–H and O–H groups in total. The fraction of sp³-hybridized carbons (Fsp3) is 0.462. The predicted octanol–water partition coefficient (Wildman–Crippen LogP) is 2.71. The van der Waals surface area contributed by atoms with Gasteiger partial charge >= 0.3 is 0 Å². The van der Waals surface area contributed by atoms with Crippen LogP contribution in [0, 0.1) is 0 Å². The molecule has 0 aliphatic heterocycles. The lowest BCUT2D eigenvalue weighted by Gasteiger charge is -2.25. The monoisotopic (exact) mass is 269 g/mol. The molecule has 1 saturated carbocycles. The normalized spacial score (nSPS) is 16.8. The molecule has 2 rings (SSSR count). The van der Waals surface area contributed by atoms with E-state index in [1.54, 1.807) is 31.2 Å². The smallest absolute Gasteiger partial charge is 0.284 e. The molecule has 4 nitrogen and oxygen atoms in total. The molecule has 1 fully saturated rings. The van der Waals surface area contributed by atoms with Gasteiger partial charge in [-0.25, -0.2) is 5.48 Å². The number of hydrogen-bond acceptors (Lipinski definition) is 3. The number of hydrogen-bond donors (Lipinski definition) is 1. The molecule has 0 bridgehead atoms. The van der Waals surface area contributed by atoms with Crippen molar-refractivity contribution >= 4 is 17.5 Å². The van der Waals surface area contributed by atoms with Crippen LogP contribution in [0.4, 0.5) is 0 Å². The summed E-state index contributed by atoms with van der Waals surface area (Å²) < 4.78 is 5.46. The maximum Gasteiger partial charge on any atom is 0.284 e. The lowest BCUT2D eigenvalue weighted by atomic mass is 9.97. The number of carbonyl (C=O) groups is 1. The van der Waals surface area contributed by atoms with Crippen molar-refractivity contribution in [1.29, 1.82) is 0 Å². The van der Waals surface area contributed by atoms with Crippen molar-refractivity contribution in [3.05, 3.63) is 29.3 Å². The van der Waals surface area contributed by atoms with Crippen LogP contribution < -0.4 is 10.2 Å². The number of benzene rings is 1. The van der Waals surface area contributed by atoms with Crippen LogP contribution in [-0.2, 0) is 9.63 Å². The second-order valence-corrected chi connectivity index (χ2v) is 4.79. The van der Waals surface area contributed by atoms with E-state index in [-0.39, 0.29) is 12.0 Å². The van der Waals surface area contributed by atoms with E-state index in [9.17, 15) is 4.79 Å². The van der Waals surface area contributed by atoms with Crippen LogP contribution in [0.3, 0.4) is 0 Å². The fourth-order valence-electron chi connectivity index (χ4n) is 1.48. The van der Waals surface area contributed by atoms with Crippen LogP contribution in [0.2, 0.25) is 5.02 Å². The van der Waals surface area contributed by atoms with Gasteiger partial charge in [-0.2, -0.15) is 0 Å². The van der Waals surface area contributed by atoms with E-state index < -0.39 is 6.10 Å². The number of nitrogens with one attached hydrogen (secondary N) is 1. The maximum absolute atomic E-state index is 11.7. The summed E-state index contributed by atoms with van der Waals surface area (Å²) in [6, 6.07) is 6.87. The lowest BCUT2D eigenvalue weighted by Crippen LogP contribution is -2.40. The molecule has 0 spiro atoms. The highest BCUT2D eigenvalue weighted by molar-refractivity contribution is 6.30. The van der Waals surface area contributed by atoms with Crippen LogP contribution in [-0.4, -0.2) is 18.1 Å². The number of rotatable bonds is 5. The molecule has 18 heavy (non-hydrogen) atoms. The summed E-state index contributed by atoms with van der Waals surface area (Å²) in [5.74, 6) is 0.322. The van der Waals surface area contributed by atoms with Crippen LogP contribution in [0.5, 0.6) is 5.75 Å². The molecule has 1 aromatic carbocycles. The number of halogens is 1.